The molecule has 0 unspecified atom stereocenters. The number of anilines is 1. The highest BCUT2D eigenvalue weighted by molar-refractivity contribution is 5.87. The number of carbonyl (C=O) groups is 1. The van der Waals surface area contributed by atoms with Gasteiger partial charge in [-0.15, -0.1) is 0 Å². The van der Waals surface area contributed by atoms with Gasteiger partial charge in [-0.25, -0.2) is 18.6 Å². The van der Waals surface area contributed by atoms with Crippen molar-refractivity contribution in [3.05, 3.63) is 42.2 Å². The van der Waals surface area contributed by atoms with Crippen LogP contribution in [0.15, 0.2) is 30.6 Å². The van der Waals surface area contributed by atoms with Crippen LogP contribution in [0.1, 0.15) is 0 Å². The van der Waals surface area contributed by atoms with Gasteiger partial charge < -0.3 is 5.32 Å². The van der Waals surface area contributed by atoms with E-state index in [-0.39, 0.29) is 11.4 Å². The van der Waals surface area contributed by atoms with Gasteiger partial charge in [0.1, 0.15) is 11.6 Å². The SMILES string of the molecule is CNC(=O)Nc1cnc(-c2cc(F)cc(F)c2)cn1. The lowest BCUT2D eigenvalue weighted by molar-refractivity contribution is 0.254. The van der Waals surface area contributed by atoms with E-state index < -0.39 is 17.7 Å². The average Bonchev–Trinajstić information content (AvgIpc) is 2.38. The first-order valence-electron chi connectivity index (χ1n) is 5.36. The van der Waals surface area contributed by atoms with Crippen molar-refractivity contribution in [2.45, 2.75) is 0 Å². The molecule has 0 saturated carbocycles. The van der Waals surface area contributed by atoms with Crippen molar-refractivity contribution in [2.24, 2.45) is 0 Å². The van der Waals surface area contributed by atoms with E-state index in [0.29, 0.717) is 5.69 Å². The van der Waals surface area contributed by atoms with E-state index in [2.05, 4.69) is 20.6 Å². The summed E-state index contributed by atoms with van der Waals surface area (Å²) < 4.78 is 26.1. The number of benzene rings is 1. The molecule has 0 aliphatic rings. The highest BCUT2D eigenvalue weighted by atomic mass is 19.1. The van der Waals surface area contributed by atoms with Crippen LogP contribution in [0.2, 0.25) is 0 Å². The molecule has 0 aliphatic heterocycles. The molecular weight excluding hydrogens is 254 g/mol. The molecule has 0 saturated heterocycles. The van der Waals surface area contributed by atoms with Gasteiger partial charge in [-0.3, -0.25) is 10.3 Å². The largest absolute Gasteiger partial charge is 0.341 e. The molecule has 0 spiro atoms. The minimum Gasteiger partial charge on any atom is -0.341 e. The Balaban J connectivity index is 2.24. The Morgan fingerprint density at radius 2 is 1.79 bits per heavy atom. The van der Waals surface area contributed by atoms with E-state index in [1.807, 2.05) is 0 Å². The Kier molecular flexibility index (Phi) is 3.65. The molecule has 1 aromatic carbocycles. The van der Waals surface area contributed by atoms with Crippen LogP contribution in [-0.4, -0.2) is 23.0 Å². The molecule has 1 heterocycles. The Morgan fingerprint density at radius 1 is 1.11 bits per heavy atom. The summed E-state index contributed by atoms with van der Waals surface area (Å²) in [6, 6.07) is 2.65. The second kappa shape index (κ2) is 5.38. The standard InChI is InChI=1S/C12H10F2N4O/c1-15-12(19)18-11-6-16-10(5-17-11)7-2-8(13)4-9(14)3-7/h2-6H,1H3,(H2,15,17,18,19). The summed E-state index contributed by atoms with van der Waals surface area (Å²) in [5, 5.41) is 4.78. The van der Waals surface area contributed by atoms with Crippen LogP contribution in [0, 0.1) is 11.6 Å². The molecule has 2 amide bonds. The quantitative estimate of drug-likeness (QED) is 0.873. The molecule has 0 radical (unpaired) electrons. The maximum atomic E-state index is 13.1. The molecule has 7 heteroatoms. The third-order valence-corrected chi connectivity index (χ3v) is 2.28. The summed E-state index contributed by atoms with van der Waals surface area (Å²) in [4.78, 5) is 18.9. The maximum absolute atomic E-state index is 13.1. The molecule has 2 rings (SSSR count). The van der Waals surface area contributed by atoms with E-state index in [4.69, 9.17) is 0 Å². The molecule has 5 nitrogen and oxygen atoms in total. The highest BCUT2D eigenvalue weighted by Crippen LogP contribution is 2.19. The van der Waals surface area contributed by atoms with Crippen LogP contribution >= 0.6 is 0 Å². The van der Waals surface area contributed by atoms with Crippen molar-refractivity contribution in [3.63, 3.8) is 0 Å². The average molecular weight is 264 g/mol. The van der Waals surface area contributed by atoms with Crippen LogP contribution in [0.4, 0.5) is 19.4 Å². The number of rotatable bonds is 2. The normalized spacial score (nSPS) is 10.1. The minimum absolute atomic E-state index is 0.236. The first kappa shape index (κ1) is 12.9. The van der Waals surface area contributed by atoms with Crippen LogP contribution < -0.4 is 10.6 Å². The van der Waals surface area contributed by atoms with Crippen molar-refractivity contribution in [3.8, 4) is 11.3 Å². The van der Waals surface area contributed by atoms with Gasteiger partial charge in [0.2, 0.25) is 0 Å². The fourth-order valence-electron chi connectivity index (χ4n) is 1.42. The van der Waals surface area contributed by atoms with E-state index in [0.717, 1.165) is 18.2 Å². The molecule has 2 aromatic rings. The second-order valence-corrected chi connectivity index (χ2v) is 3.65. The third kappa shape index (κ3) is 3.21. The van der Waals surface area contributed by atoms with Gasteiger partial charge in [0.15, 0.2) is 5.82 Å². The van der Waals surface area contributed by atoms with Gasteiger partial charge in [0, 0.05) is 18.7 Å². The van der Waals surface area contributed by atoms with Gasteiger partial charge >= 0.3 is 6.03 Å². The molecular formula is C12H10F2N4O. The lowest BCUT2D eigenvalue weighted by atomic mass is 10.1. The van der Waals surface area contributed by atoms with Crippen LogP contribution in [0.5, 0.6) is 0 Å². The van der Waals surface area contributed by atoms with Gasteiger partial charge in [-0.1, -0.05) is 0 Å². The summed E-state index contributed by atoms with van der Waals surface area (Å²) in [5.74, 6) is -1.14. The number of hydrogen-bond acceptors (Lipinski definition) is 3. The number of hydrogen-bond donors (Lipinski definition) is 2. The van der Waals surface area contributed by atoms with Crippen molar-refractivity contribution < 1.29 is 13.6 Å². The Morgan fingerprint density at radius 3 is 2.32 bits per heavy atom. The minimum atomic E-state index is -0.690. The number of amides is 2. The van der Waals surface area contributed by atoms with Gasteiger partial charge in [-0.2, -0.15) is 0 Å². The summed E-state index contributed by atoms with van der Waals surface area (Å²) in [6.45, 7) is 0. The summed E-state index contributed by atoms with van der Waals surface area (Å²) in [6.07, 6.45) is 2.62. The van der Waals surface area contributed by atoms with Gasteiger partial charge in [-0.05, 0) is 12.1 Å². The van der Waals surface area contributed by atoms with Crippen LogP contribution in [-0.2, 0) is 0 Å². The van der Waals surface area contributed by atoms with Crippen LogP contribution in [0.3, 0.4) is 0 Å². The predicted octanol–water partition coefficient (Wildman–Crippen LogP) is 2.17. The van der Waals surface area contributed by atoms with Crippen molar-refractivity contribution in [2.75, 3.05) is 12.4 Å². The summed E-state index contributed by atoms with van der Waals surface area (Å²) in [5.41, 5.74) is 0.581. The Bertz CT molecular complexity index is 581. The number of aromatic nitrogens is 2. The predicted molar refractivity (Wildman–Crippen MR) is 65.5 cm³/mol. The van der Waals surface area contributed by atoms with Crippen molar-refractivity contribution in [1.82, 2.24) is 15.3 Å². The molecule has 0 bridgehead atoms. The third-order valence-electron chi connectivity index (χ3n) is 2.28. The van der Waals surface area contributed by atoms with Gasteiger partial charge in [0.25, 0.3) is 0 Å². The lowest BCUT2D eigenvalue weighted by Gasteiger charge is -2.04. The van der Waals surface area contributed by atoms with E-state index >= 15 is 0 Å². The number of urea groups is 1. The smallest absolute Gasteiger partial charge is 0.320 e. The maximum Gasteiger partial charge on any atom is 0.320 e. The molecule has 0 aliphatic carbocycles. The van der Waals surface area contributed by atoms with Crippen LogP contribution in [0.25, 0.3) is 11.3 Å². The zero-order valence-corrected chi connectivity index (χ0v) is 9.95. The van der Waals surface area contributed by atoms with Crippen molar-refractivity contribution in [1.29, 1.82) is 0 Å². The Labute approximate surface area is 107 Å². The molecule has 0 fully saturated rings. The van der Waals surface area contributed by atoms with E-state index in [1.165, 1.54) is 19.4 Å². The molecule has 2 N–H and O–H groups in total. The van der Waals surface area contributed by atoms with E-state index in [1.54, 1.807) is 0 Å². The monoisotopic (exact) mass is 264 g/mol. The molecule has 19 heavy (non-hydrogen) atoms. The summed E-state index contributed by atoms with van der Waals surface area (Å²) >= 11 is 0. The number of halogens is 2. The number of nitrogens with zero attached hydrogens (tertiary/aromatic N) is 2. The van der Waals surface area contributed by atoms with E-state index in [9.17, 15) is 13.6 Å². The first-order valence-corrected chi connectivity index (χ1v) is 5.36. The lowest BCUT2D eigenvalue weighted by Crippen LogP contribution is -2.25. The van der Waals surface area contributed by atoms with Crippen molar-refractivity contribution >= 4 is 11.8 Å². The zero-order valence-electron chi connectivity index (χ0n) is 9.95. The zero-order chi connectivity index (χ0) is 13.8. The topological polar surface area (TPSA) is 66.9 Å². The second-order valence-electron chi connectivity index (χ2n) is 3.65. The van der Waals surface area contributed by atoms with Gasteiger partial charge in [0.05, 0.1) is 18.1 Å². The molecule has 98 valence electrons. The summed E-state index contributed by atoms with van der Waals surface area (Å²) in [7, 11) is 1.46. The molecule has 1 aromatic heterocycles. The highest BCUT2D eigenvalue weighted by Gasteiger charge is 2.06. The number of nitrogens with one attached hydrogen (secondary N) is 2. The first-order chi connectivity index (χ1) is 9.08. The fourth-order valence-corrected chi connectivity index (χ4v) is 1.42. The Hall–Kier alpha value is -2.57. The number of carbonyl (C=O) groups excluding carboxylic acids is 1. The fraction of sp³-hybridized carbons (Fsp3) is 0.0833. The molecule has 0 atom stereocenters.